The lowest BCUT2D eigenvalue weighted by molar-refractivity contribution is -0.115. The monoisotopic (exact) mass is 328 g/mol. The first-order valence-electron chi connectivity index (χ1n) is 5.76. The second-order valence-electron chi connectivity index (χ2n) is 5.19. The van der Waals surface area contributed by atoms with Crippen LogP contribution in [-0.4, -0.2) is 29.1 Å². The lowest BCUT2D eigenvalue weighted by atomic mass is 10.1. The van der Waals surface area contributed by atoms with E-state index in [0.29, 0.717) is 10.2 Å². The molecule has 0 spiro atoms. The van der Waals surface area contributed by atoms with E-state index in [0.717, 1.165) is 0 Å². The highest BCUT2D eigenvalue weighted by atomic mass is 79.9. The van der Waals surface area contributed by atoms with Gasteiger partial charge in [-0.1, -0.05) is 15.9 Å². The van der Waals surface area contributed by atoms with E-state index in [9.17, 15) is 9.59 Å². The molecular formula is C13H17BrN2O3. The Kier molecular flexibility index (Phi) is 5.08. The molecule has 0 radical (unpaired) electrons. The molecular weight excluding hydrogens is 312 g/mol. The van der Waals surface area contributed by atoms with Crippen molar-refractivity contribution in [3.05, 3.63) is 28.2 Å². The Balaban J connectivity index is 2.71. The summed E-state index contributed by atoms with van der Waals surface area (Å²) in [5.74, 6) is -1.26. The molecule has 0 aromatic heterocycles. The molecule has 0 aliphatic rings. The second kappa shape index (κ2) is 6.16. The van der Waals surface area contributed by atoms with E-state index in [2.05, 4.69) is 26.6 Å². The van der Waals surface area contributed by atoms with Gasteiger partial charge in [0.15, 0.2) is 0 Å². The number of anilines is 1. The molecule has 1 aromatic rings. The van der Waals surface area contributed by atoms with Crippen molar-refractivity contribution in [1.29, 1.82) is 0 Å². The van der Waals surface area contributed by atoms with E-state index >= 15 is 0 Å². The SMILES string of the molecule is CC(C)(C)NCC(=O)Nc1cc(Br)cc(C(=O)O)c1. The Hall–Kier alpha value is -1.40. The minimum absolute atomic E-state index is 0.119. The number of carbonyl (C=O) groups excluding carboxylic acids is 1. The van der Waals surface area contributed by atoms with Crippen molar-refractivity contribution in [3.63, 3.8) is 0 Å². The summed E-state index contributed by atoms with van der Waals surface area (Å²) < 4.78 is 0.603. The summed E-state index contributed by atoms with van der Waals surface area (Å²) in [6, 6.07) is 4.55. The van der Waals surface area contributed by atoms with Crippen LogP contribution in [0, 0.1) is 0 Å². The van der Waals surface area contributed by atoms with Crippen molar-refractivity contribution in [3.8, 4) is 0 Å². The highest BCUT2D eigenvalue weighted by Crippen LogP contribution is 2.19. The quantitative estimate of drug-likeness (QED) is 0.793. The molecule has 0 unspecified atom stereocenters. The number of nitrogens with one attached hydrogen (secondary N) is 2. The highest BCUT2D eigenvalue weighted by molar-refractivity contribution is 9.10. The van der Waals surface area contributed by atoms with Crippen LogP contribution < -0.4 is 10.6 Å². The summed E-state index contributed by atoms with van der Waals surface area (Å²) in [7, 11) is 0. The van der Waals surface area contributed by atoms with Gasteiger partial charge in [-0.3, -0.25) is 4.79 Å². The Morgan fingerprint density at radius 1 is 1.26 bits per heavy atom. The minimum atomic E-state index is -1.04. The van der Waals surface area contributed by atoms with Crippen LogP contribution in [0.4, 0.5) is 5.69 Å². The molecule has 0 bridgehead atoms. The predicted octanol–water partition coefficient (Wildman–Crippen LogP) is 2.47. The van der Waals surface area contributed by atoms with Crippen LogP contribution in [0.15, 0.2) is 22.7 Å². The first-order chi connectivity index (χ1) is 8.67. The average molecular weight is 329 g/mol. The van der Waals surface area contributed by atoms with Crippen LogP contribution in [-0.2, 0) is 4.79 Å². The van der Waals surface area contributed by atoms with Gasteiger partial charge < -0.3 is 15.7 Å². The fraction of sp³-hybridized carbons (Fsp3) is 0.385. The van der Waals surface area contributed by atoms with Crippen LogP contribution in [0.5, 0.6) is 0 Å². The van der Waals surface area contributed by atoms with Crippen molar-refractivity contribution in [1.82, 2.24) is 5.32 Å². The van der Waals surface area contributed by atoms with Crippen molar-refractivity contribution < 1.29 is 14.7 Å². The summed E-state index contributed by atoms with van der Waals surface area (Å²) in [4.78, 5) is 22.6. The van der Waals surface area contributed by atoms with Gasteiger partial charge in [0.1, 0.15) is 0 Å². The molecule has 1 rings (SSSR count). The number of halogens is 1. The minimum Gasteiger partial charge on any atom is -0.478 e. The fourth-order valence-electron chi connectivity index (χ4n) is 1.34. The Morgan fingerprint density at radius 2 is 1.89 bits per heavy atom. The van der Waals surface area contributed by atoms with Crippen LogP contribution in [0.25, 0.3) is 0 Å². The number of benzene rings is 1. The smallest absolute Gasteiger partial charge is 0.335 e. The summed E-state index contributed by atoms with van der Waals surface area (Å²) in [5.41, 5.74) is 0.418. The molecule has 3 N–H and O–H groups in total. The van der Waals surface area contributed by atoms with E-state index in [-0.39, 0.29) is 23.6 Å². The molecule has 0 saturated heterocycles. The standard InChI is InChI=1S/C13H17BrN2O3/c1-13(2,3)15-7-11(17)16-10-5-8(12(18)19)4-9(14)6-10/h4-6,15H,7H2,1-3H3,(H,16,17)(H,18,19). The van der Waals surface area contributed by atoms with E-state index in [1.165, 1.54) is 12.1 Å². The molecule has 1 aromatic carbocycles. The van der Waals surface area contributed by atoms with Gasteiger partial charge in [0.25, 0.3) is 0 Å². The first-order valence-corrected chi connectivity index (χ1v) is 6.55. The Labute approximate surface area is 120 Å². The molecule has 0 aliphatic heterocycles. The molecule has 0 saturated carbocycles. The zero-order chi connectivity index (χ0) is 14.6. The maximum Gasteiger partial charge on any atom is 0.335 e. The van der Waals surface area contributed by atoms with Crippen LogP contribution >= 0.6 is 15.9 Å². The lowest BCUT2D eigenvalue weighted by Crippen LogP contribution is -2.41. The normalized spacial score (nSPS) is 11.2. The summed E-state index contributed by atoms with van der Waals surface area (Å²) in [6.07, 6.45) is 0. The largest absolute Gasteiger partial charge is 0.478 e. The van der Waals surface area contributed by atoms with Crippen molar-refractivity contribution >= 4 is 33.5 Å². The van der Waals surface area contributed by atoms with Gasteiger partial charge in [-0.15, -0.1) is 0 Å². The molecule has 0 heterocycles. The number of aromatic carboxylic acids is 1. The van der Waals surface area contributed by atoms with Crippen molar-refractivity contribution in [2.24, 2.45) is 0 Å². The van der Waals surface area contributed by atoms with Crippen LogP contribution in [0.2, 0.25) is 0 Å². The number of amides is 1. The molecule has 6 heteroatoms. The van der Waals surface area contributed by atoms with Gasteiger partial charge in [-0.2, -0.15) is 0 Å². The van der Waals surface area contributed by atoms with Gasteiger partial charge in [-0.25, -0.2) is 4.79 Å². The number of carboxylic acid groups (broad SMARTS) is 1. The van der Waals surface area contributed by atoms with Crippen LogP contribution in [0.1, 0.15) is 31.1 Å². The highest BCUT2D eigenvalue weighted by Gasteiger charge is 2.12. The zero-order valence-electron chi connectivity index (χ0n) is 11.1. The number of carbonyl (C=O) groups is 2. The van der Waals surface area contributed by atoms with E-state index in [4.69, 9.17) is 5.11 Å². The van der Waals surface area contributed by atoms with E-state index < -0.39 is 5.97 Å². The van der Waals surface area contributed by atoms with Gasteiger partial charge in [0.05, 0.1) is 12.1 Å². The molecule has 104 valence electrons. The van der Waals surface area contributed by atoms with Crippen molar-refractivity contribution in [2.45, 2.75) is 26.3 Å². The first kappa shape index (κ1) is 15.7. The van der Waals surface area contributed by atoms with Crippen molar-refractivity contribution in [2.75, 3.05) is 11.9 Å². The molecule has 19 heavy (non-hydrogen) atoms. The van der Waals surface area contributed by atoms with Gasteiger partial charge in [-0.05, 0) is 39.0 Å². The second-order valence-corrected chi connectivity index (χ2v) is 6.10. The average Bonchev–Trinajstić information content (AvgIpc) is 2.24. The number of hydrogen-bond acceptors (Lipinski definition) is 3. The van der Waals surface area contributed by atoms with Gasteiger partial charge in [0, 0.05) is 15.7 Å². The van der Waals surface area contributed by atoms with Gasteiger partial charge >= 0.3 is 5.97 Å². The topological polar surface area (TPSA) is 78.4 Å². The number of rotatable bonds is 4. The summed E-state index contributed by atoms with van der Waals surface area (Å²) in [5, 5.41) is 14.6. The molecule has 0 fully saturated rings. The number of hydrogen-bond donors (Lipinski definition) is 3. The zero-order valence-corrected chi connectivity index (χ0v) is 12.7. The Morgan fingerprint density at radius 3 is 2.42 bits per heavy atom. The summed E-state index contributed by atoms with van der Waals surface area (Å²) >= 11 is 3.21. The van der Waals surface area contributed by atoms with E-state index in [1.807, 2.05) is 20.8 Å². The molecule has 0 aliphatic carbocycles. The maximum absolute atomic E-state index is 11.7. The third-order valence-electron chi connectivity index (χ3n) is 2.21. The number of carboxylic acids is 1. The Bertz CT molecular complexity index is 495. The van der Waals surface area contributed by atoms with Crippen LogP contribution in [0.3, 0.4) is 0 Å². The third-order valence-corrected chi connectivity index (χ3v) is 2.67. The lowest BCUT2D eigenvalue weighted by Gasteiger charge is -2.20. The maximum atomic E-state index is 11.7. The summed E-state index contributed by atoms with van der Waals surface area (Å²) in [6.45, 7) is 6.05. The third kappa shape index (κ3) is 5.85. The molecule has 0 atom stereocenters. The van der Waals surface area contributed by atoms with Gasteiger partial charge in [0.2, 0.25) is 5.91 Å². The molecule has 5 nitrogen and oxygen atoms in total. The van der Waals surface area contributed by atoms with E-state index in [1.54, 1.807) is 6.07 Å². The predicted molar refractivity (Wildman–Crippen MR) is 77.5 cm³/mol. The fourth-order valence-corrected chi connectivity index (χ4v) is 1.83. The molecule has 1 amide bonds.